The number of para-hydroxylation sites is 1. The Morgan fingerprint density at radius 3 is 2.04 bits per heavy atom. The summed E-state index contributed by atoms with van der Waals surface area (Å²) in [7, 11) is 0. The number of benzene rings is 2. The number of carbonyl (C=O) groups excluding carboxylic acids is 2. The van der Waals surface area contributed by atoms with Gasteiger partial charge in [-0.3, -0.25) is 19.8 Å². The number of aliphatic carboxylic acids is 2. The summed E-state index contributed by atoms with van der Waals surface area (Å²) in [5.41, 5.74) is 5.13. The monoisotopic (exact) mass is 690 g/mol. The summed E-state index contributed by atoms with van der Waals surface area (Å²) >= 11 is 0. The highest BCUT2D eigenvalue weighted by atomic mass is 19.4. The molecule has 18 heteroatoms. The maximum absolute atomic E-state index is 12.9. The maximum Gasteiger partial charge on any atom is 0.490 e. The molecule has 2 amide bonds. The van der Waals surface area contributed by atoms with Crippen molar-refractivity contribution in [2.24, 2.45) is 5.92 Å². The average molecular weight is 691 g/mol. The highest BCUT2D eigenvalue weighted by Gasteiger charge is 2.39. The van der Waals surface area contributed by atoms with Crippen molar-refractivity contribution in [2.75, 3.05) is 19.6 Å². The number of hydrogen-bond donors (Lipinski definition) is 5. The number of carboxylic acids is 2. The summed E-state index contributed by atoms with van der Waals surface area (Å²) in [5.74, 6) is -6.06. The molecular formula is C30H32F6N4O8. The number of nitrogens with zero attached hydrogens (tertiary/aromatic N) is 2. The van der Waals surface area contributed by atoms with E-state index in [1.807, 2.05) is 44.2 Å². The summed E-state index contributed by atoms with van der Waals surface area (Å²) < 4.78 is 69.5. The number of amides is 2. The van der Waals surface area contributed by atoms with Crippen LogP contribution in [0, 0.1) is 12.8 Å². The molecule has 1 fully saturated rings. The zero-order valence-electron chi connectivity index (χ0n) is 25.4. The van der Waals surface area contributed by atoms with E-state index >= 15 is 0 Å². The molecule has 1 aliphatic heterocycles. The fourth-order valence-corrected chi connectivity index (χ4v) is 4.48. The lowest BCUT2D eigenvalue weighted by Gasteiger charge is -2.37. The Bertz CT molecular complexity index is 1540. The van der Waals surface area contributed by atoms with E-state index in [1.54, 1.807) is 29.7 Å². The van der Waals surface area contributed by atoms with Crippen molar-refractivity contribution in [3.05, 3.63) is 71.4 Å². The molecule has 4 rings (SSSR count). The van der Waals surface area contributed by atoms with Gasteiger partial charge >= 0.3 is 24.3 Å². The Balaban J connectivity index is 0.000000479. The van der Waals surface area contributed by atoms with Crippen molar-refractivity contribution >= 4 is 34.7 Å². The molecule has 262 valence electrons. The van der Waals surface area contributed by atoms with E-state index < -0.39 is 36.1 Å². The van der Waals surface area contributed by atoms with Gasteiger partial charge in [0, 0.05) is 28.8 Å². The van der Waals surface area contributed by atoms with Gasteiger partial charge in [-0.2, -0.15) is 26.3 Å². The summed E-state index contributed by atoms with van der Waals surface area (Å²) in [6.45, 7) is 6.53. The van der Waals surface area contributed by atoms with E-state index in [0.29, 0.717) is 30.9 Å². The molecule has 0 aliphatic carbocycles. The molecule has 0 spiro atoms. The van der Waals surface area contributed by atoms with Crippen molar-refractivity contribution in [2.45, 2.75) is 45.3 Å². The van der Waals surface area contributed by atoms with Gasteiger partial charge in [0.25, 0.3) is 5.91 Å². The second-order valence-electron chi connectivity index (χ2n) is 10.2. The number of hydrogen-bond acceptors (Lipinski definition) is 8. The first kappa shape index (κ1) is 39.2. The minimum Gasteiger partial charge on any atom is -0.489 e. The number of piperidine rings is 1. The third-order valence-electron chi connectivity index (χ3n) is 6.83. The first-order chi connectivity index (χ1) is 22.4. The third kappa shape index (κ3) is 12.0. The van der Waals surface area contributed by atoms with Gasteiger partial charge in [0.15, 0.2) is 0 Å². The number of carboxylic acid groups (broad SMARTS) is 2. The van der Waals surface area contributed by atoms with E-state index in [1.165, 1.54) is 0 Å². The van der Waals surface area contributed by atoms with Crippen LogP contribution < -0.4 is 15.5 Å². The third-order valence-corrected chi connectivity index (χ3v) is 6.83. The van der Waals surface area contributed by atoms with Gasteiger partial charge in [-0.1, -0.05) is 25.1 Å². The first-order valence-corrected chi connectivity index (χ1v) is 14.0. The minimum absolute atomic E-state index is 0.263. The zero-order chi connectivity index (χ0) is 36.2. The number of aromatic nitrogens is 1. The molecule has 1 saturated heterocycles. The summed E-state index contributed by atoms with van der Waals surface area (Å²) in [4.78, 5) is 49.5. The van der Waals surface area contributed by atoms with Crippen LogP contribution in [0.1, 0.15) is 35.0 Å². The predicted molar refractivity (Wildman–Crippen MR) is 156 cm³/mol. The van der Waals surface area contributed by atoms with Crippen molar-refractivity contribution in [3.8, 4) is 5.75 Å². The normalized spacial score (nSPS) is 16.4. The Hall–Kier alpha value is -4.97. The lowest BCUT2D eigenvalue weighted by atomic mass is 9.90. The Kier molecular flexibility index (Phi) is 14.1. The number of pyridine rings is 1. The number of ether oxygens (including phenoxy) is 1. The number of fused-ring (bicyclic) bond motifs is 1. The molecule has 0 bridgehead atoms. The number of halogens is 6. The molecular weight excluding hydrogens is 658 g/mol. The highest BCUT2D eigenvalue weighted by molar-refractivity contribution is 5.95. The van der Waals surface area contributed by atoms with Crippen molar-refractivity contribution in [1.29, 1.82) is 0 Å². The van der Waals surface area contributed by atoms with Crippen molar-refractivity contribution in [1.82, 2.24) is 20.7 Å². The van der Waals surface area contributed by atoms with Gasteiger partial charge in [0.2, 0.25) is 5.91 Å². The van der Waals surface area contributed by atoms with Crippen LogP contribution in [0.5, 0.6) is 5.75 Å². The fraction of sp³-hybridized carbons (Fsp3) is 0.367. The lowest BCUT2D eigenvalue weighted by Crippen LogP contribution is -2.56. The second kappa shape index (κ2) is 17.3. The standard InChI is InChI=1S/C26H30N4O4.2C2HF3O2/c1-3-30-13-12-22(26(32)29-33)24(15-30)28-25(31)18-8-10-20(11-9-18)34-16-19-14-17(2)27-23-7-5-4-6-21(19)23;2*3-2(4,5)1(6)7/h4-11,14,22,24,33H,3,12-13,15-16H2,1-2H3,(H,28,31)(H,29,32);2*(H,6,7)/t22-,24+;;/m0../s1. The van der Waals surface area contributed by atoms with Crippen LogP contribution in [-0.4, -0.2) is 87.1 Å². The largest absolute Gasteiger partial charge is 0.490 e. The predicted octanol–water partition coefficient (Wildman–Crippen LogP) is 4.33. The van der Waals surface area contributed by atoms with Crippen LogP contribution in [0.15, 0.2) is 54.6 Å². The maximum atomic E-state index is 12.9. The molecule has 1 aliphatic rings. The summed E-state index contributed by atoms with van der Waals surface area (Å²) in [6.07, 6.45) is -9.60. The van der Waals surface area contributed by atoms with E-state index in [4.69, 9.17) is 29.7 Å². The van der Waals surface area contributed by atoms with Crippen LogP contribution in [0.3, 0.4) is 0 Å². The molecule has 2 atom stereocenters. The molecule has 48 heavy (non-hydrogen) atoms. The van der Waals surface area contributed by atoms with Crippen molar-refractivity contribution < 1.29 is 65.7 Å². The lowest BCUT2D eigenvalue weighted by molar-refractivity contribution is -0.193. The number of likely N-dealkylation sites (N-methyl/N-ethyl adjacent to an activating group) is 1. The van der Waals surface area contributed by atoms with Gasteiger partial charge in [0.05, 0.1) is 17.5 Å². The van der Waals surface area contributed by atoms with Gasteiger partial charge in [-0.25, -0.2) is 15.1 Å². The molecule has 0 saturated carbocycles. The van der Waals surface area contributed by atoms with Crippen LogP contribution in [0.2, 0.25) is 0 Å². The molecule has 1 aromatic heterocycles. The number of carbonyl (C=O) groups is 4. The van der Waals surface area contributed by atoms with Gasteiger partial charge in [-0.05, 0) is 62.8 Å². The Morgan fingerprint density at radius 1 is 0.958 bits per heavy atom. The number of aryl methyl sites for hydroxylation is 1. The van der Waals surface area contributed by atoms with E-state index in [0.717, 1.165) is 35.2 Å². The molecule has 0 radical (unpaired) electrons. The average Bonchev–Trinajstić information content (AvgIpc) is 3.03. The molecule has 3 aromatic rings. The van der Waals surface area contributed by atoms with Gasteiger partial charge in [-0.15, -0.1) is 0 Å². The number of rotatable bonds is 7. The van der Waals surface area contributed by atoms with E-state index in [-0.39, 0.29) is 11.9 Å². The smallest absolute Gasteiger partial charge is 0.489 e. The Morgan fingerprint density at radius 2 is 1.52 bits per heavy atom. The Labute approximate surface area is 269 Å². The fourth-order valence-electron chi connectivity index (χ4n) is 4.48. The molecule has 2 heterocycles. The van der Waals surface area contributed by atoms with Crippen molar-refractivity contribution in [3.63, 3.8) is 0 Å². The molecule has 0 unspecified atom stereocenters. The zero-order valence-corrected chi connectivity index (χ0v) is 25.4. The molecule has 2 aromatic carbocycles. The van der Waals surface area contributed by atoms with E-state index in [2.05, 4.69) is 15.2 Å². The van der Waals surface area contributed by atoms with E-state index in [9.17, 15) is 35.9 Å². The van der Waals surface area contributed by atoms with Crippen LogP contribution in [0.4, 0.5) is 26.3 Å². The number of alkyl halides is 6. The summed E-state index contributed by atoms with van der Waals surface area (Å²) in [6, 6.07) is 16.6. The first-order valence-electron chi connectivity index (χ1n) is 14.0. The van der Waals surface area contributed by atoms with Crippen LogP contribution in [0.25, 0.3) is 10.9 Å². The van der Waals surface area contributed by atoms with Crippen LogP contribution in [-0.2, 0) is 21.0 Å². The number of nitrogens with one attached hydrogen (secondary N) is 2. The van der Waals surface area contributed by atoms with Gasteiger partial charge < -0.3 is 25.2 Å². The highest BCUT2D eigenvalue weighted by Crippen LogP contribution is 2.22. The summed E-state index contributed by atoms with van der Waals surface area (Å²) in [5, 5.41) is 27.3. The van der Waals surface area contributed by atoms with Gasteiger partial charge in [0.1, 0.15) is 12.4 Å². The van der Waals surface area contributed by atoms with Crippen LogP contribution >= 0.6 is 0 Å². The topological polar surface area (TPSA) is 178 Å². The number of likely N-dealkylation sites (tertiary alicyclic amines) is 1. The number of hydroxylamine groups is 1. The molecule has 5 N–H and O–H groups in total. The molecule has 12 nitrogen and oxygen atoms in total. The quantitative estimate of drug-likeness (QED) is 0.136. The second-order valence-corrected chi connectivity index (χ2v) is 10.2. The SMILES string of the molecule is CCN1CC[C@H](C(=O)NO)[C@H](NC(=O)c2ccc(OCc3cc(C)nc4ccccc34)cc2)C1.O=C(O)C(F)(F)F.O=C(O)C(F)(F)F. The minimum atomic E-state index is -5.08.